The molecule has 2 nitrogen and oxygen atoms in total. The Balaban J connectivity index is 0.000000229. The molecule has 1 aliphatic heterocycles. The van der Waals surface area contributed by atoms with Gasteiger partial charge in [0.1, 0.15) is 0 Å². The Kier molecular flexibility index (Phi) is 9.35. The third-order valence-electron chi connectivity index (χ3n) is 5.15. The first-order valence-corrected chi connectivity index (χ1v) is 11.4. The van der Waals surface area contributed by atoms with Gasteiger partial charge < -0.3 is 24.8 Å². The van der Waals surface area contributed by atoms with Gasteiger partial charge in [-0.05, 0) is 18.6 Å². The average Bonchev–Trinajstić information content (AvgIpc) is 3.46. The van der Waals surface area contributed by atoms with Crippen molar-refractivity contribution in [3.8, 4) is 0 Å². The van der Waals surface area contributed by atoms with Gasteiger partial charge in [0.2, 0.25) is 0 Å². The Hall–Kier alpha value is -1.41. The molecule has 3 aliphatic rings. The molecule has 30 heavy (non-hydrogen) atoms. The Morgan fingerprint density at radius 2 is 1.83 bits per heavy atom. The van der Waals surface area contributed by atoms with Crippen molar-refractivity contribution in [1.29, 1.82) is 0 Å². The van der Waals surface area contributed by atoms with E-state index >= 15 is 0 Å². The van der Waals surface area contributed by atoms with Crippen LogP contribution in [-0.2, 0) is 31.1 Å². The summed E-state index contributed by atoms with van der Waals surface area (Å²) in [6.07, 6.45) is 13.8. The molecule has 0 spiro atoms. The van der Waals surface area contributed by atoms with Gasteiger partial charge in [0.25, 0.3) is 0 Å². The maximum Gasteiger partial charge on any atom is -1.00 e. The Labute approximate surface area is 206 Å². The van der Waals surface area contributed by atoms with Gasteiger partial charge in [-0.2, -0.15) is 0 Å². The number of hydrogen-bond acceptors (Lipinski definition) is 2. The van der Waals surface area contributed by atoms with Crippen LogP contribution in [0.3, 0.4) is 0 Å². The molecule has 0 N–H and O–H groups in total. The minimum absolute atomic E-state index is 0. The second-order valence-electron chi connectivity index (χ2n) is 7.14. The molecule has 0 saturated heterocycles. The number of halogens is 2. The number of rotatable bonds is 4. The Bertz CT molecular complexity index is 1040. The SMILES string of the molecule is CCC1=NC2=CC=CC2=C1.CCCc1ccc(C2=Cc3ccccc3[CH]2[Zr+2])o1.[Cl-].[Cl-]. The van der Waals surface area contributed by atoms with Crippen LogP contribution in [0, 0.1) is 0 Å². The molecule has 0 radical (unpaired) electrons. The van der Waals surface area contributed by atoms with Gasteiger partial charge in [-0.25, -0.2) is 0 Å². The third-order valence-corrected chi connectivity index (χ3v) is 6.67. The van der Waals surface area contributed by atoms with Gasteiger partial charge in [0.15, 0.2) is 0 Å². The molecular weight excluding hydrogens is 492 g/mol. The molecule has 0 bridgehead atoms. The quantitative estimate of drug-likeness (QED) is 0.585. The number of fused-ring (bicyclic) bond motifs is 2. The van der Waals surface area contributed by atoms with Crippen molar-refractivity contribution in [3.63, 3.8) is 0 Å². The van der Waals surface area contributed by atoms with Crippen molar-refractivity contribution in [3.05, 3.63) is 94.6 Å². The van der Waals surface area contributed by atoms with E-state index in [2.05, 4.69) is 79.5 Å². The van der Waals surface area contributed by atoms with Crippen LogP contribution in [0.1, 0.15) is 53.0 Å². The molecule has 153 valence electrons. The number of aliphatic imine (C=N–C) groups is 1. The molecule has 0 saturated carbocycles. The topological polar surface area (TPSA) is 25.5 Å². The largest absolute Gasteiger partial charge is 1.00 e. The summed E-state index contributed by atoms with van der Waals surface area (Å²) in [5, 5.41) is 0. The molecule has 1 atom stereocenters. The van der Waals surface area contributed by atoms with Gasteiger partial charge in [0.05, 0.1) is 5.70 Å². The third kappa shape index (κ3) is 5.25. The molecule has 5 rings (SSSR count). The molecule has 1 unspecified atom stereocenters. The summed E-state index contributed by atoms with van der Waals surface area (Å²) in [5.41, 5.74) is 7.75. The number of furan rings is 1. The van der Waals surface area contributed by atoms with Gasteiger partial charge in [-0.15, -0.1) is 0 Å². The van der Waals surface area contributed by atoms with E-state index in [1.54, 1.807) is 0 Å². The molecular formula is C25H24Cl2NOZr. The molecule has 2 heterocycles. The van der Waals surface area contributed by atoms with Crippen molar-refractivity contribution in [2.75, 3.05) is 0 Å². The summed E-state index contributed by atoms with van der Waals surface area (Å²) in [7, 11) is 0. The fourth-order valence-corrected chi connectivity index (χ4v) is 4.85. The average molecular weight is 517 g/mol. The Morgan fingerprint density at radius 3 is 2.53 bits per heavy atom. The summed E-state index contributed by atoms with van der Waals surface area (Å²) in [4.78, 5) is 4.39. The van der Waals surface area contributed by atoms with Crippen molar-refractivity contribution in [2.45, 2.75) is 36.7 Å². The van der Waals surface area contributed by atoms with Crippen molar-refractivity contribution in [2.24, 2.45) is 4.99 Å². The first kappa shape index (κ1) is 24.9. The first-order chi connectivity index (χ1) is 13.7. The van der Waals surface area contributed by atoms with Crippen LogP contribution in [0.2, 0.25) is 0 Å². The van der Waals surface area contributed by atoms with Crippen molar-refractivity contribution in [1.82, 2.24) is 0 Å². The van der Waals surface area contributed by atoms with Crippen LogP contribution in [0.4, 0.5) is 0 Å². The molecule has 1 aromatic carbocycles. The number of hydrogen-bond donors (Lipinski definition) is 0. The molecule has 2 aliphatic carbocycles. The molecule has 0 fully saturated rings. The molecule has 0 amide bonds. The molecule has 5 heteroatoms. The van der Waals surface area contributed by atoms with Crippen LogP contribution in [0.15, 0.2) is 81.4 Å². The maximum atomic E-state index is 5.96. The van der Waals surface area contributed by atoms with Crippen molar-refractivity contribution >= 4 is 17.4 Å². The first-order valence-electron chi connectivity index (χ1n) is 9.98. The second-order valence-corrected chi connectivity index (χ2v) is 8.56. The normalized spacial score (nSPS) is 17.4. The fourth-order valence-electron chi connectivity index (χ4n) is 3.65. The van der Waals surface area contributed by atoms with Gasteiger partial charge in [-0.1, -0.05) is 19.1 Å². The van der Waals surface area contributed by atoms with E-state index in [-0.39, 0.29) is 24.8 Å². The van der Waals surface area contributed by atoms with Gasteiger partial charge in [-0.3, -0.25) is 4.99 Å². The van der Waals surface area contributed by atoms with Gasteiger partial charge >= 0.3 is 123 Å². The number of allylic oxidation sites excluding steroid dienone is 5. The summed E-state index contributed by atoms with van der Waals surface area (Å²) in [6.45, 7) is 4.31. The number of nitrogens with zero attached hydrogens (tertiary/aromatic N) is 1. The summed E-state index contributed by atoms with van der Waals surface area (Å²) < 4.78 is 6.48. The van der Waals surface area contributed by atoms with E-state index in [9.17, 15) is 0 Å². The minimum atomic E-state index is 0. The van der Waals surface area contributed by atoms with E-state index in [0.29, 0.717) is 3.63 Å². The minimum Gasteiger partial charge on any atom is -1.00 e. The zero-order chi connectivity index (χ0) is 19.5. The zero-order valence-corrected chi connectivity index (χ0v) is 21.1. The summed E-state index contributed by atoms with van der Waals surface area (Å²) >= 11 is 1.52. The van der Waals surface area contributed by atoms with Crippen LogP contribution >= 0.6 is 0 Å². The van der Waals surface area contributed by atoms with E-state index in [1.807, 2.05) is 6.08 Å². The van der Waals surface area contributed by atoms with Crippen LogP contribution in [0.25, 0.3) is 11.6 Å². The number of benzene rings is 1. The summed E-state index contributed by atoms with van der Waals surface area (Å²) in [5.74, 6) is 2.16. The zero-order valence-electron chi connectivity index (χ0n) is 17.2. The van der Waals surface area contributed by atoms with Crippen LogP contribution in [0.5, 0.6) is 0 Å². The van der Waals surface area contributed by atoms with Gasteiger partial charge in [0, 0.05) is 11.3 Å². The summed E-state index contributed by atoms with van der Waals surface area (Å²) in [6, 6.07) is 12.9. The van der Waals surface area contributed by atoms with E-state index in [1.165, 1.54) is 52.7 Å². The molecule has 1 aromatic heterocycles. The molecule has 2 aromatic rings. The Morgan fingerprint density at radius 1 is 1.03 bits per heavy atom. The van der Waals surface area contributed by atoms with Crippen molar-refractivity contribution < 1.29 is 54.0 Å². The van der Waals surface area contributed by atoms with E-state index < -0.39 is 0 Å². The van der Waals surface area contributed by atoms with Crippen LogP contribution < -0.4 is 24.8 Å². The van der Waals surface area contributed by atoms with Crippen LogP contribution in [-0.4, -0.2) is 5.71 Å². The van der Waals surface area contributed by atoms with E-state index in [4.69, 9.17) is 4.42 Å². The monoisotopic (exact) mass is 514 g/mol. The smallest absolute Gasteiger partial charge is 1.00 e. The standard InChI is InChI=1S/C16H15O.C9H9N.2ClH.Zr/c1-2-5-15-8-9-16(17-15)14-10-12-6-3-4-7-13(12)11-14;1-2-8-6-7-4-3-5-9(7)10-8;;;/h3-4,6-11H,2,5H2,1H3;3-6H,2H2,1H3;2*1H;/q;;;;+2/p-2. The predicted octanol–water partition coefficient (Wildman–Crippen LogP) is 0.613. The maximum absolute atomic E-state index is 5.96. The van der Waals surface area contributed by atoms with E-state index in [0.717, 1.165) is 36.5 Å². The predicted molar refractivity (Wildman–Crippen MR) is 113 cm³/mol. The number of aryl methyl sites for hydroxylation is 1. The fraction of sp³-hybridized carbons (Fsp3) is 0.240. The second kappa shape index (κ2) is 11.3.